The van der Waals surface area contributed by atoms with E-state index in [1.807, 2.05) is 18.2 Å². The lowest BCUT2D eigenvalue weighted by molar-refractivity contribution is 0.0218. The Labute approximate surface area is 220 Å². The maximum Gasteiger partial charge on any atom is 0.319 e. The number of aromatic nitrogens is 2. The molecule has 3 aromatic rings. The van der Waals surface area contributed by atoms with Gasteiger partial charge < -0.3 is 23.8 Å². The number of morpholine rings is 1. The second-order valence-corrected chi connectivity index (χ2v) is 10.6. The Morgan fingerprint density at radius 3 is 2.42 bits per heavy atom. The standard InChI is InChI=1S/C28H32BrN3O4/c1-18(19-5-3-2-4-6-19)35-26-24(29)22(20-7-8-20)17-23-25(26)30-28(36-21-9-13-33-14-10-21)31-27(23)32-11-15-34-16-12-32/h2-6,17-18,20-21H,7-16H2,1H3/t18-/m0/s1. The first kappa shape index (κ1) is 23.9. The minimum Gasteiger partial charge on any atom is -0.483 e. The number of nitrogens with zero attached hydrogens (tertiary/aromatic N) is 3. The van der Waals surface area contributed by atoms with Crippen LogP contribution in [0.2, 0.25) is 0 Å². The van der Waals surface area contributed by atoms with Gasteiger partial charge in [0.25, 0.3) is 0 Å². The van der Waals surface area contributed by atoms with Crippen molar-refractivity contribution < 1.29 is 18.9 Å². The highest BCUT2D eigenvalue weighted by atomic mass is 79.9. The van der Waals surface area contributed by atoms with Crippen molar-refractivity contribution in [3.05, 3.63) is 52.0 Å². The van der Waals surface area contributed by atoms with Crippen molar-refractivity contribution >= 4 is 32.7 Å². The predicted molar refractivity (Wildman–Crippen MR) is 142 cm³/mol. The van der Waals surface area contributed by atoms with Crippen LogP contribution in [-0.4, -0.2) is 55.6 Å². The molecule has 8 heteroatoms. The molecule has 1 aromatic heterocycles. The summed E-state index contributed by atoms with van der Waals surface area (Å²) in [6.07, 6.45) is 3.98. The van der Waals surface area contributed by atoms with Gasteiger partial charge in [0.1, 0.15) is 23.5 Å². The van der Waals surface area contributed by atoms with E-state index in [9.17, 15) is 0 Å². The zero-order valence-corrected chi connectivity index (χ0v) is 22.2. The highest BCUT2D eigenvalue weighted by Crippen LogP contribution is 2.50. The average molecular weight is 554 g/mol. The summed E-state index contributed by atoms with van der Waals surface area (Å²) in [5, 5.41) is 1.01. The van der Waals surface area contributed by atoms with E-state index in [2.05, 4.69) is 46.0 Å². The molecule has 0 radical (unpaired) electrons. The first-order valence-corrected chi connectivity index (χ1v) is 13.8. The van der Waals surface area contributed by atoms with Gasteiger partial charge in [-0.05, 0) is 58.8 Å². The van der Waals surface area contributed by atoms with Crippen molar-refractivity contribution in [2.45, 2.75) is 50.7 Å². The van der Waals surface area contributed by atoms with Crippen LogP contribution in [0, 0.1) is 0 Å². The van der Waals surface area contributed by atoms with Gasteiger partial charge in [0, 0.05) is 31.3 Å². The lowest BCUT2D eigenvalue weighted by Crippen LogP contribution is -2.37. The quantitative estimate of drug-likeness (QED) is 0.366. The zero-order valence-electron chi connectivity index (χ0n) is 20.6. The number of halogens is 1. The highest BCUT2D eigenvalue weighted by Gasteiger charge is 2.31. The molecular weight excluding hydrogens is 522 g/mol. The third-order valence-corrected chi connectivity index (χ3v) is 8.02. The molecule has 3 fully saturated rings. The largest absolute Gasteiger partial charge is 0.483 e. The van der Waals surface area contributed by atoms with Gasteiger partial charge in [0.15, 0.2) is 5.75 Å². The number of rotatable bonds is 7. The van der Waals surface area contributed by atoms with Crippen LogP contribution in [0.4, 0.5) is 5.82 Å². The Hall–Kier alpha value is -2.42. The number of hydrogen-bond donors (Lipinski definition) is 0. The van der Waals surface area contributed by atoms with Crippen molar-refractivity contribution in [3.63, 3.8) is 0 Å². The fraction of sp³-hybridized carbons (Fsp3) is 0.500. The van der Waals surface area contributed by atoms with Crippen LogP contribution in [0.3, 0.4) is 0 Å². The van der Waals surface area contributed by atoms with E-state index in [4.69, 9.17) is 28.9 Å². The Bertz CT molecular complexity index is 1210. The van der Waals surface area contributed by atoms with Gasteiger partial charge >= 0.3 is 6.01 Å². The van der Waals surface area contributed by atoms with Gasteiger partial charge in [-0.3, -0.25) is 0 Å². The molecule has 2 aliphatic heterocycles. The summed E-state index contributed by atoms with van der Waals surface area (Å²) < 4.78 is 25.2. The fourth-order valence-electron chi connectivity index (χ4n) is 4.98. The van der Waals surface area contributed by atoms with E-state index in [-0.39, 0.29) is 12.2 Å². The van der Waals surface area contributed by atoms with Gasteiger partial charge in [-0.15, -0.1) is 0 Å². The molecule has 2 aromatic carbocycles. The van der Waals surface area contributed by atoms with Crippen LogP contribution >= 0.6 is 15.9 Å². The van der Waals surface area contributed by atoms with Crippen LogP contribution in [0.1, 0.15) is 55.8 Å². The zero-order chi connectivity index (χ0) is 24.5. The van der Waals surface area contributed by atoms with Gasteiger partial charge in [0.2, 0.25) is 0 Å². The Balaban J connectivity index is 1.48. The molecule has 36 heavy (non-hydrogen) atoms. The highest BCUT2D eigenvalue weighted by molar-refractivity contribution is 9.10. The summed E-state index contributed by atoms with van der Waals surface area (Å²) in [7, 11) is 0. The maximum absolute atomic E-state index is 6.69. The molecule has 190 valence electrons. The predicted octanol–water partition coefficient (Wildman–Crippen LogP) is 5.80. The lowest BCUT2D eigenvalue weighted by Gasteiger charge is -2.30. The molecule has 0 amide bonds. The van der Waals surface area contributed by atoms with E-state index >= 15 is 0 Å². The van der Waals surface area contributed by atoms with E-state index in [1.165, 1.54) is 18.4 Å². The molecule has 1 atom stereocenters. The number of hydrogen-bond acceptors (Lipinski definition) is 7. The summed E-state index contributed by atoms with van der Waals surface area (Å²) in [6, 6.07) is 13.0. The van der Waals surface area contributed by atoms with E-state index < -0.39 is 0 Å². The number of benzene rings is 2. The second-order valence-electron chi connectivity index (χ2n) is 9.81. The Morgan fingerprint density at radius 2 is 1.69 bits per heavy atom. The molecule has 0 spiro atoms. The smallest absolute Gasteiger partial charge is 0.319 e. The molecule has 7 nitrogen and oxygen atoms in total. The SMILES string of the molecule is C[C@H](Oc1c(Br)c(C2CC2)cc2c(N3CCOCC3)nc(OC3CCOCC3)nc12)c1ccccc1. The van der Waals surface area contributed by atoms with Crippen LogP contribution in [-0.2, 0) is 9.47 Å². The fourth-order valence-corrected chi connectivity index (χ4v) is 5.70. The molecular formula is C28H32BrN3O4. The first-order chi connectivity index (χ1) is 17.7. The summed E-state index contributed by atoms with van der Waals surface area (Å²) in [5.41, 5.74) is 3.18. The normalized spacial score (nSPS) is 19.9. The van der Waals surface area contributed by atoms with Gasteiger partial charge in [0.05, 0.1) is 30.9 Å². The second kappa shape index (κ2) is 10.5. The van der Waals surface area contributed by atoms with Crippen molar-refractivity contribution in [3.8, 4) is 11.8 Å². The third kappa shape index (κ3) is 5.04. The molecule has 0 bridgehead atoms. The molecule has 3 aliphatic rings. The van der Waals surface area contributed by atoms with Crippen molar-refractivity contribution in [1.29, 1.82) is 0 Å². The monoisotopic (exact) mass is 553 g/mol. The molecule has 6 rings (SSSR count). The summed E-state index contributed by atoms with van der Waals surface area (Å²) in [6.45, 7) is 6.43. The van der Waals surface area contributed by atoms with Gasteiger partial charge in [-0.25, -0.2) is 0 Å². The van der Waals surface area contributed by atoms with E-state index in [0.717, 1.165) is 58.4 Å². The third-order valence-electron chi connectivity index (χ3n) is 7.20. The molecule has 0 N–H and O–H groups in total. The summed E-state index contributed by atoms with van der Waals surface area (Å²) >= 11 is 3.91. The Kier molecular flexibility index (Phi) is 7.00. The first-order valence-electron chi connectivity index (χ1n) is 13.0. The van der Waals surface area contributed by atoms with Crippen molar-refractivity contribution in [1.82, 2.24) is 9.97 Å². The summed E-state index contributed by atoms with van der Waals surface area (Å²) in [5.74, 6) is 2.20. The van der Waals surface area contributed by atoms with Crippen LogP contribution < -0.4 is 14.4 Å². The number of anilines is 1. The van der Waals surface area contributed by atoms with Gasteiger partial charge in [-0.1, -0.05) is 30.3 Å². The summed E-state index contributed by atoms with van der Waals surface area (Å²) in [4.78, 5) is 12.2. The molecule has 0 unspecified atom stereocenters. The molecule has 1 saturated carbocycles. The molecule has 1 aliphatic carbocycles. The maximum atomic E-state index is 6.69. The molecule has 2 saturated heterocycles. The minimum atomic E-state index is -0.137. The lowest BCUT2D eigenvalue weighted by atomic mass is 10.1. The Morgan fingerprint density at radius 1 is 0.972 bits per heavy atom. The molecule has 3 heterocycles. The van der Waals surface area contributed by atoms with Crippen LogP contribution in [0.15, 0.2) is 40.9 Å². The minimum absolute atomic E-state index is 0.0514. The van der Waals surface area contributed by atoms with E-state index in [0.29, 0.717) is 38.4 Å². The van der Waals surface area contributed by atoms with Gasteiger partial charge in [-0.2, -0.15) is 9.97 Å². The number of fused-ring (bicyclic) bond motifs is 1. The number of ether oxygens (including phenoxy) is 4. The van der Waals surface area contributed by atoms with Crippen molar-refractivity contribution in [2.24, 2.45) is 0 Å². The topological polar surface area (TPSA) is 65.9 Å². The average Bonchev–Trinajstić information content (AvgIpc) is 3.77. The van der Waals surface area contributed by atoms with Crippen LogP contribution in [0.5, 0.6) is 11.8 Å². The van der Waals surface area contributed by atoms with Crippen LogP contribution in [0.25, 0.3) is 10.9 Å². The van der Waals surface area contributed by atoms with Crippen molar-refractivity contribution in [2.75, 3.05) is 44.4 Å². The van der Waals surface area contributed by atoms with E-state index in [1.54, 1.807) is 0 Å².